The molecule has 0 saturated heterocycles. The van der Waals surface area contributed by atoms with E-state index in [-0.39, 0.29) is 18.6 Å². The van der Waals surface area contributed by atoms with Crippen molar-refractivity contribution in [3.05, 3.63) is 30.1 Å². The van der Waals surface area contributed by atoms with E-state index >= 15 is 0 Å². The molecule has 0 radical (unpaired) electrons. The highest BCUT2D eigenvalue weighted by Crippen LogP contribution is 2.28. The predicted molar refractivity (Wildman–Crippen MR) is 72.4 cm³/mol. The second-order valence-corrected chi connectivity index (χ2v) is 4.78. The van der Waals surface area contributed by atoms with Gasteiger partial charge in [-0.15, -0.1) is 0 Å². The number of pyridine rings is 1. The molecule has 1 aliphatic carbocycles. The van der Waals surface area contributed by atoms with Crippen LogP contribution in [-0.2, 0) is 20.9 Å². The van der Waals surface area contributed by atoms with E-state index in [9.17, 15) is 9.59 Å². The first-order valence-corrected chi connectivity index (χ1v) is 6.75. The van der Waals surface area contributed by atoms with Crippen LogP contribution in [0.15, 0.2) is 24.5 Å². The van der Waals surface area contributed by atoms with Crippen LogP contribution in [0.3, 0.4) is 0 Å². The van der Waals surface area contributed by atoms with Gasteiger partial charge in [0.2, 0.25) is 0 Å². The van der Waals surface area contributed by atoms with Crippen LogP contribution in [0.5, 0.6) is 0 Å². The summed E-state index contributed by atoms with van der Waals surface area (Å²) in [6, 6.07) is 2.63. The van der Waals surface area contributed by atoms with Crippen LogP contribution in [0.25, 0.3) is 0 Å². The number of nitrogens with zero attached hydrogens (tertiary/aromatic N) is 2. The molecule has 1 amide bonds. The third-order valence-electron chi connectivity index (χ3n) is 3.18. The maximum Gasteiger partial charge on any atom is 0.332 e. The lowest BCUT2D eigenvalue weighted by molar-refractivity contribution is -0.151. The van der Waals surface area contributed by atoms with E-state index in [0.717, 1.165) is 18.4 Å². The van der Waals surface area contributed by atoms with Crippen LogP contribution in [0.4, 0.5) is 0 Å². The molecule has 0 bridgehead atoms. The van der Waals surface area contributed by atoms with E-state index < -0.39 is 12.0 Å². The van der Waals surface area contributed by atoms with Crippen molar-refractivity contribution in [3.63, 3.8) is 0 Å². The van der Waals surface area contributed by atoms with Crippen molar-refractivity contribution in [2.75, 3.05) is 6.61 Å². The molecule has 1 atom stereocenters. The van der Waals surface area contributed by atoms with Gasteiger partial charge in [0.15, 0.2) is 6.04 Å². The van der Waals surface area contributed by atoms with Gasteiger partial charge in [0, 0.05) is 25.0 Å². The molecule has 1 unspecified atom stereocenters. The number of hydrogen-bond acceptors (Lipinski definition) is 5. The van der Waals surface area contributed by atoms with Gasteiger partial charge in [-0.2, -0.15) is 0 Å². The highest BCUT2D eigenvalue weighted by molar-refractivity contribution is 6.01. The number of nitrogens with two attached hydrogens (primary N) is 1. The number of ether oxygens (including phenoxy) is 1. The Morgan fingerprint density at radius 3 is 2.65 bits per heavy atom. The fourth-order valence-corrected chi connectivity index (χ4v) is 1.97. The normalized spacial score (nSPS) is 15.5. The second-order valence-electron chi connectivity index (χ2n) is 4.78. The molecule has 6 nitrogen and oxygen atoms in total. The van der Waals surface area contributed by atoms with Crippen molar-refractivity contribution in [1.29, 1.82) is 0 Å². The smallest absolute Gasteiger partial charge is 0.332 e. The Hall–Kier alpha value is -1.95. The first-order chi connectivity index (χ1) is 9.63. The molecular formula is C14H19N3O3. The molecular weight excluding hydrogens is 258 g/mol. The van der Waals surface area contributed by atoms with Crippen LogP contribution < -0.4 is 5.73 Å². The zero-order valence-electron chi connectivity index (χ0n) is 11.5. The maximum atomic E-state index is 12.3. The van der Waals surface area contributed by atoms with Crippen LogP contribution >= 0.6 is 0 Å². The fourth-order valence-electron chi connectivity index (χ4n) is 1.97. The molecule has 108 valence electrons. The van der Waals surface area contributed by atoms with Gasteiger partial charge in [-0.1, -0.05) is 0 Å². The zero-order chi connectivity index (χ0) is 14.5. The summed E-state index contributed by atoms with van der Waals surface area (Å²) in [6.07, 6.45) is 5.26. The molecule has 1 fully saturated rings. The Morgan fingerprint density at radius 2 is 2.10 bits per heavy atom. The quantitative estimate of drug-likeness (QED) is 0.603. The van der Waals surface area contributed by atoms with Gasteiger partial charge in [0.05, 0.1) is 6.61 Å². The zero-order valence-corrected chi connectivity index (χ0v) is 11.5. The number of amides is 1. The van der Waals surface area contributed by atoms with Gasteiger partial charge in [-0.05, 0) is 37.5 Å². The van der Waals surface area contributed by atoms with Gasteiger partial charge in [-0.3, -0.25) is 9.78 Å². The number of carbonyl (C=O) groups excluding carboxylic acids is 2. The first-order valence-electron chi connectivity index (χ1n) is 6.75. The third kappa shape index (κ3) is 3.54. The van der Waals surface area contributed by atoms with E-state index in [4.69, 9.17) is 10.5 Å². The van der Waals surface area contributed by atoms with E-state index in [1.165, 1.54) is 0 Å². The summed E-state index contributed by atoms with van der Waals surface area (Å²) in [7, 11) is 0. The van der Waals surface area contributed by atoms with E-state index in [1.54, 1.807) is 24.2 Å². The summed E-state index contributed by atoms with van der Waals surface area (Å²) in [5.74, 6) is -1.04. The molecule has 1 saturated carbocycles. The molecule has 1 heterocycles. The summed E-state index contributed by atoms with van der Waals surface area (Å²) < 4.78 is 4.80. The van der Waals surface area contributed by atoms with Crippen LogP contribution in [0.1, 0.15) is 25.3 Å². The molecule has 0 aromatic carbocycles. The average Bonchev–Trinajstić information content (AvgIpc) is 3.29. The van der Waals surface area contributed by atoms with Crippen molar-refractivity contribution in [2.45, 2.75) is 38.4 Å². The van der Waals surface area contributed by atoms with Crippen molar-refractivity contribution in [1.82, 2.24) is 9.88 Å². The summed E-state index contributed by atoms with van der Waals surface area (Å²) in [5.41, 5.74) is 6.66. The predicted octanol–water partition coefficient (Wildman–Crippen LogP) is 0.463. The molecule has 0 aliphatic heterocycles. The number of rotatable bonds is 6. The minimum atomic E-state index is -1.24. The number of hydrogen-bond donors (Lipinski definition) is 1. The van der Waals surface area contributed by atoms with Crippen LogP contribution in [0.2, 0.25) is 0 Å². The standard InChI is InChI=1S/C14H19N3O3/c1-2-20-14(19)12(15)13(18)17(11-3-4-11)9-10-5-7-16-8-6-10/h5-8,11-12H,2-4,9,15H2,1H3. The van der Waals surface area contributed by atoms with Crippen LogP contribution in [-0.4, -0.2) is 40.5 Å². The summed E-state index contributed by atoms with van der Waals surface area (Å²) in [4.78, 5) is 29.5. The van der Waals surface area contributed by atoms with Crippen molar-refractivity contribution in [3.8, 4) is 0 Å². The minimum absolute atomic E-state index is 0.177. The van der Waals surface area contributed by atoms with Crippen molar-refractivity contribution in [2.24, 2.45) is 5.73 Å². The number of aromatic nitrogens is 1. The molecule has 2 N–H and O–H groups in total. The molecule has 6 heteroatoms. The van der Waals surface area contributed by atoms with Crippen molar-refractivity contribution < 1.29 is 14.3 Å². The molecule has 1 aromatic heterocycles. The molecule has 1 aliphatic rings. The molecule has 20 heavy (non-hydrogen) atoms. The molecule has 2 rings (SSSR count). The SMILES string of the molecule is CCOC(=O)C(N)C(=O)N(Cc1ccncc1)C1CC1. The van der Waals surface area contributed by atoms with Gasteiger partial charge in [0.1, 0.15) is 0 Å². The Bertz CT molecular complexity index is 474. The van der Waals surface area contributed by atoms with Gasteiger partial charge in [-0.25, -0.2) is 4.79 Å². The van der Waals surface area contributed by atoms with Crippen molar-refractivity contribution >= 4 is 11.9 Å². The monoisotopic (exact) mass is 277 g/mol. The Kier molecular flexibility index (Phi) is 4.68. The molecule has 1 aromatic rings. The lowest BCUT2D eigenvalue weighted by atomic mass is 10.2. The first kappa shape index (κ1) is 14.5. The number of carbonyl (C=O) groups is 2. The topological polar surface area (TPSA) is 85.5 Å². The Labute approximate surface area is 117 Å². The summed E-state index contributed by atoms with van der Waals surface area (Å²) >= 11 is 0. The second kappa shape index (κ2) is 6.47. The van der Waals surface area contributed by atoms with Gasteiger partial charge in [0.25, 0.3) is 5.91 Å². The molecule has 0 spiro atoms. The number of esters is 1. The maximum absolute atomic E-state index is 12.3. The Balaban J connectivity index is 2.05. The highest BCUT2D eigenvalue weighted by Gasteiger charge is 2.37. The van der Waals surface area contributed by atoms with Crippen LogP contribution in [0, 0.1) is 0 Å². The average molecular weight is 277 g/mol. The van der Waals surface area contributed by atoms with E-state index in [2.05, 4.69) is 4.98 Å². The Morgan fingerprint density at radius 1 is 1.45 bits per heavy atom. The lowest BCUT2D eigenvalue weighted by Gasteiger charge is -2.25. The highest BCUT2D eigenvalue weighted by atomic mass is 16.5. The van der Waals surface area contributed by atoms with E-state index in [1.807, 2.05) is 12.1 Å². The van der Waals surface area contributed by atoms with E-state index in [0.29, 0.717) is 6.54 Å². The lowest BCUT2D eigenvalue weighted by Crippen LogP contribution is -2.49. The largest absolute Gasteiger partial charge is 0.464 e. The van der Waals surface area contributed by atoms with Gasteiger partial charge < -0.3 is 15.4 Å². The van der Waals surface area contributed by atoms with Gasteiger partial charge >= 0.3 is 5.97 Å². The minimum Gasteiger partial charge on any atom is -0.464 e. The fraction of sp³-hybridized carbons (Fsp3) is 0.500. The third-order valence-corrected chi connectivity index (χ3v) is 3.18. The summed E-state index contributed by atoms with van der Waals surface area (Å²) in [5, 5.41) is 0. The summed E-state index contributed by atoms with van der Waals surface area (Å²) in [6.45, 7) is 2.34.